The summed E-state index contributed by atoms with van der Waals surface area (Å²) in [4.78, 5) is 8.43. The molecule has 5 nitrogen and oxygen atoms in total. The molecule has 0 radical (unpaired) electrons. The van der Waals surface area contributed by atoms with Crippen molar-refractivity contribution < 1.29 is 4.39 Å². The third kappa shape index (κ3) is 2.03. The zero-order valence-electron chi connectivity index (χ0n) is 11.5. The van der Waals surface area contributed by atoms with Gasteiger partial charge in [0.2, 0.25) is 0 Å². The van der Waals surface area contributed by atoms with E-state index in [2.05, 4.69) is 20.4 Å². The minimum Gasteiger partial charge on any atom is -0.363 e. The smallest absolute Gasteiger partial charge is 0.254 e. The van der Waals surface area contributed by atoms with Crippen LogP contribution in [0.2, 0.25) is 0 Å². The van der Waals surface area contributed by atoms with Gasteiger partial charge in [-0.2, -0.15) is 14.6 Å². The number of hydrogen-bond acceptors (Lipinski definition) is 4. The summed E-state index contributed by atoms with van der Waals surface area (Å²) in [6.45, 7) is 1.92. The van der Waals surface area contributed by atoms with Gasteiger partial charge in [0, 0.05) is 11.8 Å². The number of nitrogens with zero attached hydrogens (tertiary/aromatic N) is 4. The maximum Gasteiger partial charge on any atom is 0.254 e. The van der Waals surface area contributed by atoms with E-state index in [-0.39, 0.29) is 11.9 Å². The summed E-state index contributed by atoms with van der Waals surface area (Å²) in [7, 11) is 0. The Morgan fingerprint density at radius 2 is 2.24 bits per heavy atom. The van der Waals surface area contributed by atoms with Crippen molar-refractivity contribution in [3.8, 4) is 0 Å². The van der Waals surface area contributed by atoms with Gasteiger partial charge in [0.15, 0.2) is 0 Å². The fraction of sp³-hybridized carbons (Fsp3) is 0.267. The van der Waals surface area contributed by atoms with E-state index in [1.807, 2.05) is 19.1 Å². The number of fused-ring (bicyclic) bond motifs is 2. The van der Waals surface area contributed by atoms with Crippen LogP contribution in [-0.4, -0.2) is 19.6 Å². The van der Waals surface area contributed by atoms with Crippen LogP contribution in [0.4, 0.5) is 10.2 Å². The first kappa shape index (κ1) is 12.3. The lowest BCUT2D eigenvalue weighted by Crippen LogP contribution is -2.12. The van der Waals surface area contributed by atoms with E-state index in [9.17, 15) is 4.39 Å². The lowest BCUT2D eigenvalue weighted by atomic mass is 10.1. The van der Waals surface area contributed by atoms with Gasteiger partial charge in [-0.05, 0) is 43.0 Å². The van der Waals surface area contributed by atoms with Crippen LogP contribution in [0.1, 0.15) is 29.3 Å². The molecule has 0 bridgehead atoms. The van der Waals surface area contributed by atoms with Crippen molar-refractivity contribution in [2.45, 2.75) is 25.8 Å². The standard InChI is InChI=1S/C15H14FN5/c1-9-6-14(21-15(19-9)17-8-18-21)20-13-5-3-10-2-4-11(16)7-12(10)13/h2,4,6-8,13,20H,3,5H2,1H3. The molecule has 2 aromatic heterocycles. The molecule has 0 saturated heterocycles. The zero-order chi connectivity index (χ0) is 14.4. The summed E-state index contributed by atoms with van der Waals surface area (Å²) in [5.41, 5.74) is 3.10. The Labute approximate surface area is 120 Å². The molecule has 1 aliphatic carbocycles. The topological polar surface area (TPSA) is 55.1 Å². The van der Waals surface area contributed by atoms with Crippen LogP contribution in [-0.2, 0) is 6.42 Å². The quantitative estimate of drug-likeness (QED) is 0.785. The third-order valence-electron chi connectivity index (χ3n) is 3.89. The molecule has 0 spiro atoms. The van der Waals surface area contributed by atoms with Crippen molar-refractivity contribution in [1.29, 1.82) is 0 Å². The maximum absolute atomic E-state index is 13.5. The van der Waals surface area contributed by atoms with Crippen molar-refractivity contribution in [3.63, 3.8) is 0 Å². The van der Waals surface area contributed by atoms with E-state index in [1.165, 1.54) is 18.0 Å². The highest BCUT2D eigenvalue weighted by atomic mass is 19.1. The van der Waals surface area contributed by atoms with Crippen molar-refractivity contribution >= 4 is 11.6 Å². The Morgan fingerprint density at radius 3 is 3.14 bits per heavy atom. The first-order valence-electron chi connectivity index (χ1n) is 6.93. The molecule has 0 amide bonds. The van der Waals surface area contributed by atoms with E-state index in [4.69, 9.17) is 0 Å². The minimum atomic E-state index is -0.195. The van der Waals surface area contributed by atoms with E-state index in [1.54, 1.807) is 10.6 Å². The number of benzene rings is 1. The predicted octanol–water partition coefficient (Wildman–Crippen LogP) is 2.67. The van der Waals surface area contributed by atoms with Crippen molar-refractivity contribution in [1.82, 2.24) is 19.6 Å². The lowest BCUT2D eigenvalue weighted by Gasteiger charge is -2.16. The summed E-state index contributed by atoms with van der Waals surface area (Å²) < 4.78 is 15.1. The molecular weight excluding hydrogens is 269 g/mol. The number of nitrogens with one attached hydrogen (secondary N) is 1. The van der Waals surface area contributed by atoms with E-state index >= 15 is 0 Å². The van der Waals surface area contributed by atoms with Gasteiger partial charge >= 0.3 is 0 Å². The molecule has 0 saturated carbocycles. The summed E-state index contributed by atoms with van der Waals surface area (Å²) in [6.07, 6.45) is 3.38. The molecular formula is C15H14FN5. The maximum atomic E-state index is 13.5. The highest BCUT2D eigenvalue weighted by molar-refractivity contribution is 5.48. The molecule has 106 valence electrons. The van der Waals surface area contributed by atoms with Crippen LogP contribution < -0.4 is 5.32 Å². The van der Waals surface area contributed by atoms with E-state index in [0.717, 1.165) is 29.9 Å². The van der Waals surface area contributed by atoms with Crippen LogP contribution in [0.3, 0.4) is 0 Å². The van der Waals surface area contributed by atoms with Gasteiger partial charge in [-0.3, -0.25) is 0 Å². The number of halogens is 1. The monoisotopic (exact) mass is 283 g/mol. The summed E-state index contributed by atoms with van der Waals surface area (Å²) in [5, 5.41) is 7.63. The SMILES string of the molecule is Cc1cc(NC2CCc3ccc(F)cc32)n2ncnc2n1. The Bertz CT molecular complexity index is 826. The second kappa shape index (κ2) is 4.51. The lowest BCUT2D eigenvalue weighted by molar-refractivity contribution is 0.623. The van der Waals surface area contributed by atoms with Gasteiger partial charge in [-0.15, -0.1) is 0 Å². The van der Waals surface area contributed by atoms with E-state index < -0.39 is 0 Å². The Balaban J connectivity index is 1.74. The van der Waals surface area contributed by atoms with Crippen LogP contribution >= 0.6 is 0 Å². The Hall–Kier alpha value is -2.50. The van der Waals surface area contributed by atoms with Crippen LogP contribution in [0.15, 0.2) is 30.6 Å². The molecule has 2 heterocycles. The van der Waals surface area contributed by atoms with Crippen LogP contribution in [0, 0.1) is 12.7 Å². The average molecular weight is 283 g/mol. The van der Waals surface area contributed by atoms with Gasteiger partial charge < -0.3 is 5.32 Å². The number of hydrogen-bond donors (Lipinski definition) is 1. The minimum absolute atomic E-state index is 0.0879. The molecule has 1 aliphatic rings. The number of aryl methyl sites for hydroxylation is 2. The van der Waals surface area contributed by atoms with Gasteiger partial charge in [0.25, 0.3) is 5.78 Å². The molecule has 3 aromatic rings. The van der Waals surface area contributed by atoms with E-state index in [0.29, 0.717) is 5.78 Å². The fourth-order valence-corrected chi connectivity index (χ4v) is 2.94. The fourth-order valence-electron chi connectivity index (χ4n) is 2.94. The number of rotatable bonds is 2. The van der Waals surface area contributed by atoms with Gasteiger partial charge in [-0.1, -0.05) is 6.07 Å². The van der Waals surface area contributed by atoms with Crippen LogP contribution in [0.25, 0.3) is 5.78 Å². The van der Waals surface area contributed by atoms with Crippen molar-refractivity contribution in [3.05, 3.63) is 53.2 Å². The largest absolute Gasteiger partial charge is 0.363 e. The van der Waals surface area contributed by atoms with Crippen molar-refractivity contribution in [2.24, 2.45) is 0 Å². The summed E-state index contributed by atoms with van der Waals surface area (Å²) in [5.74, 6) is 1.20. The number of aromatic nitrogens is 4. The van der Waals surface area contributed by atoms with Crippen molar-refractivity contribution in [2.75, 3.05) is 5.32 Å². The Kier molecular flexibility index (Phi) is 2.63. The highest BCUT2D eigenvalue weighted by Gasteiger charge is 2.23. The molecule has 1 unspecified atom stereocenters. The van der Waals surface area contributed by atoms with Gasteiger partial charge in [0.1, 0.15) is 18.0 Å². The first-order chi connectivity index (χ1) is 10.2. The first-order valence-corrected chi connectivity index (χ1v) is 6.93. The molecule has 1 atom stereocenters. The molecule has 21 heavy (non-hydrogen) atoms. The molecule has 6 heteroatoms. The third-order valence-corrected chi connectivity index (χ3v) is 3.89. The second-order valence-electron chi connectivity index (χ2n) is 5.33. The molecule has 0 aliphatic heterocycles. The molecule has 1 N–H and O–H groups in total. The predicted molar refractivity (Wildman–Crippen MR) is 76.6 cm³/mol. The summed E-state index contributed by atoms with van der Waals surface area (Å²) >= 11 is 0. The average Bonchev–Trinajstić information content (AvgIpc) is 3.06. The van der Waals surface area contributed by atoms with Crippen LogP contribution in [0.5, 0.6) is 0 Å². The number of anilines is 1. The second-order valence-corrected chi connectivity index (χ2v) is 5.33. The van der Waals surface area contributed by atoms with Gasteiger partial charge in [0.05, 0.1) is 6.04 Å². The summed E-state index contributed by atoms with van der Waals surface area (Å²) in [6, 6.07) is 7.03. The normalized spacial score (nSPS) is 17.1. The highest BCUT2D eigenvalue weighted by Crippen LogP contribution is 2.34. The zero-order valence-corrected chi connectivity index (χ0v) is 11.5. The van der Waals surface area contributed by atoms with Gasteiger partial charge in [-0.25, -0.2) is 9.37 Å². The molecule has 4 rings (SSSR count). The Morgan fingerprint density at radius 1 is 1.33 bits per heavy atom. The molecule has 0 fully saturated rings. The molecule has 1 aromatic carbocycles.